The number of carbonyl (C=O) groups is 1. The number of nitrogens with zero attached hydrogens (tertiary/aromatic N) is 2. The van der Waals surface area contributed by atoms with E-state index in [0.717, 1.165) is 19.5 Å². The van der Waals surface area contributed by atoms with Crippen LogP contribution in [0.2, 0.25) is 0 Å². The van der Waals surface area contributed by atoms with Crippen LogP contribution in [0.5, 0.6) is 0 Å². The molecule has 0 heterocycles. The second-order valence-corrected chi connectivity index (χ2v) is 4.37. The number of quaternary nitrogens is 1. The Kier molecular flexibility index (Phi) is 4.95. The second-order valence-electron chi connectivity index (χ2n) is 4.37. The average Bonchev–Trinajstić information content (AvgIpc) is 1.81. The lowest BCUT2D eigenvalue weighted by Crippen LogP contribution is -2.45. The lowest BCUT2D eigenvalue weighted by Gasteiger charge is -2.28. The quantitative estimate of drug-likeness (QED) is 0.602. The van der Waals surface area contributed by atoms with E-state index in [9.17, 15) is 4.79 Å². The second kappa shape index (κ2) is 5.19. The normalized spacial score (nSPS) is 12.1. The van der Waals surface area contributed by atoms with Crippen molar-refractivity contribution in [3.8, 4) is 0 Å². The molecule has 0 saturated carbocycles. The van der Waals surface area contributed by atoms with Gasteiger partial charge in [0.15, 0.2) is 6.54 Å². The van der Waals surface area contributed by atoms with E-state index in [0.29, 0.717) is 4.48 Å². The number of hydrogen-bond donors (Lipinski definition) is 1. The molecule has 1 N–H and O–H groups in total. The monoisotopic (exact) mass is 189 g/mol. The molecular formula is C9H21N2O2+. The van der Waals surface area contributed by atoms with Gasteiger partial charge in [-0.15, -0.1) is 0 Å². The van der Waals surface area contributed by atoms with Crippen LogP contribution in [0.25, 0.3) is 0 Å². The summed E-state index contributed by atoms with van der Waals surface area (Å²) in [7, 11) is 7.95. The minimum atomic E-state index is -0.727. The third kappa shape index (κ3) is 7.74. The van der Waals surface area contributed by atoms with E-state index in [1.54, 1.807) is 0 Å². The molecule has 0 bridgehead atoms. The fraction of sp³-hybridized carbons (Fsp3) is 0.889. The Morgan fingerprint density at radius 2 is 1.92 bits per heavy atom. The molecule has 0 aromatic carbocycles. The molecule has 0 radical (unpaired) electrons. The number of aliphatic carboxylic acids is 1. The Hall–Kier alpha value is -0.610. The first-order chi connectivity index (χ1) is 5.83. The Morgan fingerprint density at radius 1 is 1.38 bits per heavy atom. The summed E-state index contributed by atoms with van der Waals surface area (Å²) in [5.74, 6) is -0.727. The van der Waals surface area contributed by atoms with Crippen LogP contribution < -0.4 is 0 Å². The van der Waals surface area contributed by atoms with Crippen LogP contribution in [0.15, 0.2) is 0 Å². The first kappa shape index (κ1) is 12.4. The fourth-order valence-electron chi connectivity index (χ4n) is 1.26. The Bertz CT molecular complexity index is 167. The third-order valence-corrected chi connectivity index (χ3v) is 1.93. The lowest BCUT2D eigenvalue weighted by atomic mass is 10.3. The summed E-state index contributed by atoms with van der Waals surface area (Å²) in [4.78, 5) is 12.6. The summed E-state index contributed by atoms with van der Waals surface area (Å²) in [6.07, 6.45) is 1.03. The summed E-state index contributed by atoms with van der Waals surface area (Å²) >= 11 is 0. The molecule has 0 rings (SSSR count). The Morgan fingerprint density at radius 3 is 2.31 bits per heavy atom. The van der Waals surface area contributed by atoms with Gasteiger partial charge in [-0.2, -0.15) is 0 Å². The summed E-state index contributed by atoms with van der Waals surface area (Å²) in [6.45, 7) is 2.12. The smallest absolute Gasteiger partial charge is 0.359 e. The number of carboxylic acids is 1. The minimum absolute atomic E-state index is 0.202. The van der Waals surface area contributed by atoms with Crippen LogP contribution in [0.1, 0.15) is 6.42 Å². The molecule has 78 valence electrons. The zero-order valence-corrected chi connectivity index (χ0v) is 9.08. The predicted octanol–water partition coefficient (Wildman–Crippen LogP) is 0.0991. The van der Waals surface area contributed by atoms with Crippen LogP contribution in [0, 0.1) is 0 Å². The molecule has 0 aliphatic rings. The topological polar surface area (TPSA) is 40.5 Å². The van der Waals surface area contributed by atoms with Gasteiger partial charge in [0.2, 0.25) is 0 Å². The van der Waals surface area contributed by atoms with Crippen molar-refractivity contribution in [2.24, 2.45) is 0 Å². The first-order valence-corrected chi connectivity index (χ1v) is 4.52. The molecule has 0 saturated heterocycles. The Balaban J connectivity index is 3.69. The maximum atomic E-state index is 10.5. The lowest BCUT2D eigenvalue weighted by molar-refractivity contribution is -0.883. The summed E-state index contributed by atoms with van der Waals surface area (Å²) in [5.41, 5.74) is 0. The highest BCUT2D eigenvalue weighted by Gasteiger charge is 2.18. The zero-order valence-electron chi connectivity index (χ0n) is 9.08. The molecule has 0 amide bonds. The molecule has 0 atom stereocenters. The van der Waals surface area contributed by atoms with Crippen molar-refractivity contribution in [1.29, 1.82) is 0 Å². The largest absolute Gasteiger partial charge is 0.477 e. The number of carboxylic acid groups (broad SMARTS) is 1. The van der Waals surface area contributed by atoms with Crippen molar-refractivity contribution in [1.82, 2.24) is 4.90 Å². The van der Waals surface area contributed by atoms with Gasteiger partial charge in [0, 0.05) is 13.0 Å². The average molecular weight is 189 g/mol. The molecule has 0 fully saturated rings. The van der Waals surface area contributed by atoms with Crippen molar-refractivity contribution in [3.63, 3.8) is 0 Å². The van der Waals surface area contributed by atoms with Gasteiger partial charge in [-0.1, -0.05) is 0 Å². The van der Waals surface area contributed by atoms with Gasteiger partial charge in [0.1, 0.15) is 0 Å². The van der Waals surface area contributed by atoms with Crippen LogP contribution in [0.4, 0.5) is 0 Å². The van der Waals surface area contributed by atoms with Gasteiger partial charge in [-0.05, 0) is 14.1 Å². The van der Waals surface area contributed by atoms with Crippen LogP contribution in [-0.2, 0) is 4.79 Å². The van der Waals surface area contributed by atoms with Gasteiger partial charge >= 0.3 is 5.97 Å². The third-order valence-electron chi connectivity index (χ3n) is 1.93. The van der Waals surface area contributed by atoms with Gasteiger partial charge < -0.3 is 14.5 Å². The van der Waals surface area contributed by atoms with Crippen LogP contribution in [-0.4, -0.2) is 68.3 Å². The van der Waals surface area contributed by atoms with Crippen molar-refractivity contribution < 1.29 is 14.4 Å². The van der Waals surface area contributed by atoms with Gasteiger partial charge in [-0.25, -0.2) is 4.79 Å². The molecule has 0 aliphatic heterocycles. The van der Waals surface area contributed by atoms with Crippen LogP contribution >= 0.6 is 0 Å². The number of likely N-dealkylation sites (N-methyl/N-ethyl adjacent to an activating group) is 1. The Labute approximate surface area is 80.3 Å². The molecule has 0 aromatic rings. The highest BCUT2D eigenvalue weighted by Crippen LogP contribution is 1.99. The number of hydrogen-bond acceptors (Lipinski definition) is 2. The van der Waals surface area contributed by atoms with Crippen molar-refractivity contribution in [3.05, 3.63) is 0 Å². The standard InChI is InChI=1S/C9H20N2O2/c1-10(2)6-5-7-11(3,4)8-9(12)13/h5-8H2,1-4H3/p+1. The molecule has 13 heavy (non-hydrogen) atoms. The number of rotatable bonds is 6. The maximum absolute atomic E-state index is 10.5. The zero-order chi connectivity index (χ0) is 10.5. The SMILES string of the molecule is CN(C)CCC[N+](C)(C)CC(=O)O. The summed E-state index contributed by atoms with van der Waals surface area (Å²) in [5, 5.41) is 8.63. The van der Waals surface area contributed by atoms with Gasteiger partial charge in [-0.3, -0.25) is 0 Å². The molecular weight excluding hydrogens is 168 g/mol. The van der Waals surface area contributed by atoms with Gasteiger partial charge in [0.25, 0.3) is 0 Å². The summed E-state index contributed by atoms with van der Waals surface area (Å²) in [6, 6.07) is 0. The molecule has 0 unspecified atom stereocenters. The van der Waals surface area contributed by atoms with E-state index in [-0.39, 0.29) is 6.54 Å². The van der Waals surface area contributed by atoms with E-state index in [1.807, 2.05) is 28.2 Å². The first-order valence-electron chi connectivity index (χ1n) is 4.52. The minimum Gasteiger partial charge on any atom is -0.477 e. The van der Waals surface area contributed by atoms with Crippen molar-refractivity contribution in [2.75, 3.05) is 47.8 Å². The van der Waals surface area contributed by atoms with E-state index in [2.05, 4.69) is 4.90 Å². The van der Waals surface area contributed by atoms with E-state index < -0.39 is 5.97 Å². The van der Waals surface area contributed by atoms with Crippen molar-refractivity contribution in [2.45, 2.75) is 6.42 Å². The fourth-order valence-corrected chi connectivity index (χ4v) is 1.26. The van der Waals surface area contributed by atoms with E-state index in [4.69, 9.17) is 5.11 Å². The molecule has 0 aromatic heterocycles. The highest BCUT2D eigenvalue weighted by atomic mass is 16.4. The maximum Gasteiger partial charge on any atom is 0.359 e. The van der Waals surface area contributed by atoms with Gasteiger partial charge in [0.05, 0.1) is 20.6 Å². The molecule has 4 heteroatoms. The molecule has 0 spiro atoms. The molecule has 0 aliphatic carbocycles. The van der Waals surface area contributed by atoms with Crippen LogP contribution in [0.3, 0.4) is 0 Å². The van der Waals surface area contributed by atoms with E-state index >= 15 is 0 Å². The predicted molar refractivity (Wildman–Crippen MR) is 52.6 cm³/mol. The van der Waals surface area contributed by atoms with Crippen molar-refractivity contribution >= 4 is 5.97 Å². The van der Waals surface area contributed by atoms with E-state index in [1.165, 1.54) is 0 Å². The summed E-state index contributed by atoms with van der Waals surface area (Å²) < 4.78 is 0.559. The molecule has 4 nitrogen and oxygen atoms in total. The highest BCUT2D eigenvalue weighted by molar-refractivity contribution is 5.67.